The van der Waals surface area contributed by atoms with Crippen molar-refractivity contribution < 1.29 is 19.2 Å². The number of ether oxygens (including phenoxy) is 1. The molecule has 7 heteroatoms. The van der Waals surface area contributed by atoms with E-state index in [1.165, 1.54) is 0 Å². The van der Waals surface area contributed by atoms with E-state index in [0.29, 0.717) is 12.1 Å². The van der Waals surface area contributed by atoms with Crippen LogP contribution in [-0.4, -0.2) is 31.3 Å². The summed E-state index contributed by atoms with van der Waals surface area (Å²) >= 11 is 0. The highest BCUT2D eigenvalue weighted by Gasteiger charge is 2.57. The Bertz CT molecular complexity index is 986. The van der Waals surface area contributed by atoms with Crippen LogP contribution in [0.2, 0.25) is 0 Å². The summed E-state index contributed by atoms with van der Waals surface area (Å²) in [6.07, 6.45) is 2.64. The maximum absolute atomic E-state index is 12.9. The molecular weight excluding hydrogens is 418 g/mol. The van der Waals surface area contributed by atoms with E-state index in [0.717, 1.165) is 43.5 Å². The number of carbonyl (C=O) groups excluding carboxylic acids is 2. The molecule has 4 N–H and O–H groups in total. The predicted molar refractivity (Wildman–Crippen MR) is 127 cm³/mol. The zero-order valence-electron chi connectivity index (χ0n) is 19.3. The molecule has 1 aliphatic heterocycles. The molecular formula is C26H33N3O4. The molecule has 2 atom stereocenters. The third kappa shape index (κ3) is 4.89. The number of piperidine rings is 1. The number of benzene rings is 2. The molecule has 1 spiro atoms. The minimum absolute atomic E-state index is 0.0730. The van der Waals surface area contributed by atoms with Gasteiger partial charge in [0, 0.05) is 11.5 Å². The number of rotatable bonds is 6. The van der Waals surface area contributed by atoms with Crippen molar-refractivity contribution in [2.75, 3.05) is 18.4 Å². The van der Waals surface area contributed by atoms with E-state index in [4.69, 9.17) is 10.6 Å². The first-order valence-electron chi connectivity index (χ1n) is 11.6. The third-order valence-corrected chi connectivity index (χ3v) is 7.34. The molecule has 0 bridgehead atoms. The Morgan fingerprint density at radius 3 is 2.45 bits per heavy atom. The fraction of sp³-hybridized carbons (Fsp3) is 0.462. The second-order valence-corrected chi connectivity index (χ2v) is 9.90. The lowest BCUT2D eigenvalue weighted by atomic mass is 9.51. The summed E-state index contributed by atoms with van der Waals surface area (Å²) in [6.45, 7) is 5.54. The van der Waals surface area contributed by atoms with Crippen LogP contribution in [0.15, 0.2) is 54.6 Å². The Kier molecular flexibility index (Phi) is 6.72. The van der Waals surface area contributed by atoms with Crippen molar-refractivity contribution in [3.05, 3.63) is 54.6 Å². The monoisotopic (exact) mass is 451 g/mol. The smallest absolute Gasteiger partial charge is 0.411 e. The number of anilines is 1. The van der Waals surface area contributed by atoms with Gasteiger partial charge in [0.25, 0.3) is 0 Å². The molecule has 176 valence electrons. The van der Waals surface area contributed by atoms with Crippen LogP contribution in [0.25, 0.3) is 11.1 Å². The van der Waals surface area contributed by atoms with Gasteiger partial charge in [-0.1, -0.05) is 48.5 Å². The van der Waals surface area contributed by atoms with E-state index in [9.17, 15) is 9.59 Å². The summed E-state index contributed by atoms with van der Waals surface area (Å²) in [4.78, 5) is 29.7. The van der Waals surface area contributed by atoms with Crippen LogP contribution in [0.5, 0.6) is 0 Å². The highest BCUT2D eigenvalue weighted by Crippen LogP contribution is 2.57. The van der Waals surface area contributed by atoms with Crippen LogP contribution in [0.1, 0.15) is 39.5 Å². The molecule has 2 fully saturated rings. The average Bonchev–Trinajstić information content (AvgIpc) is 2.83. The number of hydrogen-bond acceptors (Lipinski definition) is 6. The van der Waals surface area contributed by atoms with Gasteiger partial charge in [-0.3, -0.25) is 5.32 Å². The number of nitrogens with two attached hydrogens (primary N) is 1. The lowest BCUT2D eigenvalue weighted by Crippen LogP contribution is -2.59. The molecule has 1 aliphatic carbocycles. The molecule has 2 aromatic carbocycles. The summed E-state index contributed by atoms with van der Waals surface area (Å²) in [6, 6.07) is 17.6. The molecule has 4 rings (SSSR count). The van der Waals surface area contributed by atoms with Crippen molar-refractivity contribution in [1.29, 1.82) is 0 Å². The van der Waals surface area contributed by atoms with Gasteiger partial charge in [-0.25, -0.2) is 9.59 Å². The Balaban J connectivity index is 1.48. The highest BCUT2D eigenvalue weighted by atomic mass is 16.7. The van der Waals surface area contributed by atoms with Crippen LogP contribution in [0.4, 0.5) is 10.5 Å². The van der Waals surface area contributed by atoms with E-state index in [1.807, 2.05) is 68.4 Å². The van der Waals surface area contributed by atoms with Crippen molar-refractivity contribution >= 4 is 17.7 Å². The van der Waals surface area contributed by atoms with Gasteiger partial charge in [-0.05, 0) is 69.7 Å². The number of carbonyl (C=O) groups is 2. The van der Waals surface area contributed by atoms with Crippen molar-refractivity contribution in [2.24, 2.45) is 22.6 Å². The number of nitrogens with one attached hydrogen (secondary N) is 2. The first kappa shape index (κ1) is 23.3. The van der Waals surface area contributed by atoms with Crippen LogP contribution in [-0.2, 0) is 14.4 Å². The molecule has 7 nitrogen and oxygen atoms in total. The van der Waals surface area contributed by atoms with E-state index in [1.54, 1.807) is 0 Å². The molecule has 1 saturated carbocycles. The maximum atomic E-state index is 12.9. The normalized spacial score (nSPS) is 21.7. The Morgan fingerprint density at radius 1 is 1.09 bits per heavy atom. The Hall–Kier alpha value is -2.90. The van der Waals surface area contributed by atoms with Gasteiger partial charge in [0.1, 0.15) is 6.10 Å². The third-order valence-electron chi connectivity index (χ3n) is 7.34. The fourth-order valence-corrected chi connectivity index (χ4v) is 5.43. The summed E-state index contributed by atoms with van der Waals surface area (Å²) in [7, 11) is 0. The predicted octanol–water partition coefficient (Wildman–Crippen LogP) is 4.49. The SMILES string of the molecule is CC(C)(CC1C(OC(=O)Nc2ccccc2-c2ccccc2)CC12CCNCC2)C(=O)ON. The van der Waals surface area contributed by atoms with Crippen molar-refractivity contribution in [2.45, 2.75) is 45.6 Å². The minimum atomic E-state index is -0.754. The summed E-state index contributed by atoms with van der Waals surface area (Å²) in [5.74, 6) is 4.80. The number of para-hydroxylation sites is 1. The second-order valence-electron chi connectivity index (χ2n) is 9.90. The standard InChI is InChI=1S/C26H33N3O4/c1-25(2,23(30)33-27)16-20-22(17-26(20)12-14-28-15-13-26)32-24(31)29-21-11-7-6-10-19(21)18-8-4-3-5-9-18/h3-11,20,22,28H,12-17,27H2,1-2H3,(H,29,31). The van der Waals surface area contributed by atoms with Crippen LogP contribution >= 0.6 is 0 Å². The summed E-state index contributed by atoms with van der Waals surface area (Å²) < 4.78 is 5.93. The summed E-state index contributed by atoms with van der Waals surface area (Å²) in [5.41, 5.74) is 1.97. The first-order valence-corrected chi connectivity index (χ1v) is 11.6. The molecule has 2 unspecified atom stereocenters. The molecule has 33 heavy (non-hydrogen) atoms. The van der Waals surface area contributed by atoms with Crippen LogP contribution < -0.4 is 16.5 Å². The average molecular weight is 452 g/mol. The zero-order valence-corrected chi connectivity index (χ0v) is 19.3. The van der Waals surface area contributed by atoms with Crippen molar-refractivity contribution in [1.82, 2.24) is 5.32 Å². The van der Waals surface area contributed by atoms with Gasteiger partial charge in [-0.2, -0.15) is 5.90 Å². The largest absolute Gasteiger partial charge is 0.446 e. The topological polar surface area (TPSA) is 103 Å². The minimum Gasteiger partial charge on any atom is -0.446 e. The number of hydrogen-bond donors (Lipinski definition) is 3. The maximum Gasteiger partial charge on any atom is 0.411 e. The molecule has 0 aromatic heterocycles. The van der Waals surface area contributed by atoms with Gasteiger partial charge in [0.15, 0.2) is 0 Å². The second kappa shape index (κ2) is 9.53. The van der Waals surface area contributed by atoms with Crippen molar-refractivity contribution in [3.8, 4) is 11.1 Å². The van der Waals surface area contributed by atoms with Crippen LogP contribution in [0, 0.1) is 16.7 Å². The van der Waals surface area contributed by atoms with Gasteiger partial charge >= 0.3 is 12.1 Å². The molecule has 0 radical (unpaired) electrons. The molecule has 1 saturated heterocycles. The van der Waals surface area contributed by atoms with Crippen LogP contribution in [0.3, 0.4) is 0 Å². The lowest BCUT2D eigenvalue weighted by Gasteiger charge is -2.57. The zero-order chi connectivity index (χ0) is 23.5. The number of amides is 1. The first-order chi connectivity index (χ1) is 15.8. The molecule has 1 amide bonds. The van der Waals surface area contributed by atoms with E-state index in [2.05, 4.69) is 15.5 Å². The van der Waals surface area contributed by atoms with Crippen molar-refractivity contribution in [3.63, 3.8) is 0 Å². The van der Waals surface area contributed by atoms with Gasteiger partial charge in [0.05, 0.1) is 11.1 Å². The van der Waals surface area contributed by atoms with E-state index < -0.39 is 17.5 Å². The Labute approximate surface area is 195 Å². The fourth-order valence-electron chi connectivity index (χ4n) is 5.43. The van der Waals surface area contributed by atoms with Gasteiger partial charge in [0.2, 0.25) is 0 Å². The molecule has 2 aliphatic rings. The van der Waals surface area contributed by atoms with E-state index >= 15 is 0 Å². The van der Waals surface area contributed by atoms with Gasteiger partial charge < -0.3 is 14.9 Å². The van der Waals surface area contributed by atoms with E-state index in [-0.39, 0.29) is 17.4 Å². The summed E-state index contributed by atoms with van der Waals surface area (Å²) in [5, 5.41) is 6.34. The highest BCUT2D eigenvalue weighted by molar-refractivity contribution is 5.91. The van der Waals surface area contributed by atoms with Gasteiger partial charge in [-0.15, -0.1) is 0 Å². The lowest BCUT2D eigenvalue weighted by molar-refractivity contribution is -0.166. The molecule has 2 aromatic rings. The quantitative estimate of drug-likeness (QED) is 0.559. The molecule has 1 heterocycles. The Morgan fingerprint density at radius 2 is 1.76 bits per heavy atom.